The minimum atomic E-state index is -0.431. The van der Waals surface area contributed by atoms with Crippen LogP contribution in [-0.2, 0) is 0 Å². The first-order valence-corrected chi connectivity index (χ1v) is 9.34. The average Bonchev–Trinajstić information content (AvgIpc) is 3.11. The topological polar surface area (TPSA) is 75.5 Å². The third-order valence-electron chi connectivity index (χ3n) is 4.06. The zero-order chi connectivity index (χ0) is 18.0. The van der Waals surface area contributed by atoms with Crippen molar-refractivity contribution in [3.8, 4) is 0 Å². The Hall–Kier alpha value is -1.93. The molecule has 8 heteroatoms. The number of nitro groups is 1. The van der Waals surface area contributed by atoms with E-state index in [9.17, 15) is 14.9 Å². The number of rotatable bonds is 4. The maximum atomic E-state index is 12.5. The Labute approximate surface area is 161 Å². The zero-order valence-electron chi connectivity index (χ0n) is 13.2. The van der Waals surface area contributed by atoms with E-state index in [1.54, 1.807) is 24.3 Å². The monoisotopic (exact) mass is 467 g/mol. The molecule has 0 spiro atoms. The predicted octanol–water partition coefficient (Wildman–Crippen LogP) is 4.97. The first kappa shape index (κ1) is 17.9. The number of nitrogens with one attached hydrogen (secondary N) is 1. The number of carbonyl (C=O) groups is 1. The summed E-state index contributed by atoms with van der Waals surface area (Å²) >= 11 is 6.73. The van der Waals surface area contributed by atoms with E-state index in [2.05, 4.69) is 37.2 Å². The van der Waals surface area contributed by atoms with Crippen molar-refractivity contribution < 1.29 is 9.72 Å². The van der Waals surface area contributed by atoms with E-state index in [1.807, 2.05) is 11.0 Å². The molecule has 1 amide bonds. The number of hydrogen-bond donors (Lipinski definition) is 1. The summed E-state index contributed by atoms with van der Waals surface area (Å²) in [6.45, 7) is 1.61. The van der Waals surface area contributed by atoms with E-state index < -0.39 is 4.92 Å². The van der Waals surface area contributed by atoms with Crippen LogP contribution >= 0.6 is 31.9 Å². The molecule has 25 heavy (non-hydrogen) atoms. The van der Waals surface area contributed by atoms with Gasteiger partial charge in [-0.1, -0.05) is 15.9 Å². The average molecular weight is 469 g/mol. The summed E-state index contributed by atoms with van der Waals surface area (Å²) < 4.78 is 1.60. The molecule has 1 saturated heterocycles. The van der Waals surface area contributed by atoms with Crippen molar-refractivity contribution in [3.05, 3.63) is 61.0 Å². The van der Waals surface area contributed by atoms with Crippen LogP contribution in [0.5, 0.6) is 0 Å². The Bertz CT molecular complexity index is 836. The highest BCUT2D eigenvalue weighted by molar-refractivity contribution is 9.11. The number of hydrogen-bond acceptors (Lipinski definition) is 4. The van der Waals surface area contributed by atoms with Crippen LogP contribution in [0.3, 0.4) is 0 Å². The van der Waals surface area contributed by atoms with E-state index in [1.165, 1.54) is 6.07 Å². The Morgan fingerprint density at radius 2 is 1.84 bits per heavy atom. The van der Waals surface area contributed by atoms with Gasteiger partial charge in [0, 0.05) is 33.7 Å². The van der Waals surface area contributed by atoms with Gasteiger partial charge < -0.3 is 10.2 Å². The fraction of sp³-hybridized carbons (Fsp3) is 0.235. The predicted molar refractivity (Wildman–Crippen MR) is 104 cm³/mol. The van der Waals surface area contributed by atoms with E-state index >= 15 is 0 Å². The summed E-state index contributed by atoms with van der Waals surface area (Å²) in [6, 6.07) is 10.0. The third kappa shape index (κ3) is 4.01. The molecular formula is C17H15Br2N3O3. The summed E-state index contributed by atoms with van der Waals surface area (Å²) in [5.41, 5.74) is 1.39. The molecule has 1 fully saturated rings. The van der Waals surface area contributed by atoms with Crippen LogP contribution in [-0.4, -0.2) is 23.9 Å². The van der Waals surface area contributed by atoms with Crippen molar-refractivity contribution in [2.75, 3.05) is 23.3 Å². The number of amides is 1. The number of halogens is 2. The fourth-order valence-electron chi connectivity index (χ4n) is 2.82. The van der Waals surface area contributed by atoms with Crippen molar-refractivity contribution in [2.45, 2.75) is 12.8 Å². The van der Waals surface area contributed by atoms with Gasteiger partial charge in [-0.3, -0.25) is 14.9 Å². The van der Waals surface area contributed by atoms with Crippen LogP contribution in [0.4, 0.5) is 17.1 Å². The minimum Gasteiger partial charge on any atom is -0.366 e. The lowest BCUT2D eigenvalue weighted by atomic mass is 10.1. The summed E-state index contributed by atoms with van der Waals surface area (Å²) in [7, 11) is 0. The number of nitrogens with zero attached hydrogens (tertiary/aromatic N) is 2. The van der Waals surface area contributed by atoms with Crippen LogP contribution in [0.1, 0.15) is 23.2 Å². The Kier molecular flexibility index (Phi) is 5.39. The second-order valence-corrected chi connectivity index (χ2v) is 7.50. The first-order chi connectivity index (χ1) is 12.0. The molecule has 1 aliphatic heterocycles. The van der Waals surface area contributed by atoms with Gasteiger partial charge in [-0.15, -0.1) is 0 Å². The molecular weight excluding hydrogens is 454 g/mol. The van der Waals surface area contributed by atoms with Crippen molar-refractivity contribution in [2.24, 2.45) is 0 Å². The maximum absolute atomic E-state index is 12.5. The van der Waals surface area contributed by atoms with Crippen molar-refractivity contribution in [1.82, 2.24) is 0 Å². The van der Waals surface area contributed by atoms with Gasteiger partial charge in [0.25, 0.3) is 11.6 Å². The third-order valence-corrected chi connectivity index (χ3v) is 5.21. The second-order valence-electron chi connectivity index (χ2n) is 5.73. The van der Waals surface area contributed by atoms with Gasteiger partial charge in [0.2, 0.25) is 0 Å². The zero-order valence-corrected chi connectivity index (χ0v) is 16.3. The Morgan fingerprint density at radius 3 is 2.48 bits per heavy atom. The summed E-state index contributed by atoms with van der Waals surface area (Å²) in [4.78, 5) is 25.5. The van der Waals surface area contributed by atoms with Crippen LogP contribution in [0.2, 0.25) is 0 Å². The smallest absolute Gasteiger partial charge is 0.293 e. The molecule has 130 valence electrons. The molecule has 2 aromatic rings. The van der Waals surface area contributed by atoms with Crippen molar-refractivity contribution >= 4 is 54.8 Å². The molecule has 1 N–H and O–H groups in total. The van der Waals surface area contributed by atoms with Gasteiger partial charge in [0.15, 0.2) is 0 Å². The molecule has 3 rings (SSSR count). The molecule has 2 aromatic carbocycles. The molecule has 1 heterocycles. The molecule has 0 bridgehead atoms. The summed E-state index contributed by atoms with van der Waals surface area (Å²) in [5, 5.41) is 14.2. The highest BCUT2D eigenvalue weighted by Gasteiger charge is 2.24. The quantitative estimate of drug-likeness (QED) is 0.507. The van der Waals surface area contributed by atoms with Gasteiger partial charge in [-0.2, -0.15) is 0 Å². The van der Waals surface area contributed by atoms with E-state index in [4.69, 9.17) is 0 Å². The van der Waals surface area contributed by atoms with E-state index in [0.29, 0.717) is 11.4 Å². The Balaban J connectivity index is 1.87. The highest BCUT2D eigenvalue weighted by atomic mass is 79.9. The van der Waals surface area contributed by atoms with E-state index in [0.717, 1.165) is 34.9 Å². The molecule has 0 aromatic heterocycles. The molecule has 0 atom stereocenters. The molecule has 6 nitrogen and oxygen atoms in total. The number of anilines is 2. The molecule has 1 aliphatic rings. The Morgan fingerprint density at radius 1 is 1.12 bits per heavy atom. The maximum Gasteiger partial charge on any atom is 0.293 e. The van der Waals surface area contributed by atoms with Gasteiger partial charge in [-0.25, -0.2) is 0 Å². The fourth-order valence-corrected chi connectivity index (χ4v) is 3.97. The number of carbonyl (C=O) groups excluding carboxylic acids is 1. The van der Waals surface area contributed by atoms with E-state index in [-0.39, 0.29) is 17.2 Å². The molecule has 0 aliphatic carbocycles. The number of nitro benzene ring substituents is 1. The normalized spacial score (nSPS) is 13.8. The van der Waals surface area contributed by atoms with Gasteiger partial charge in [-0.05, 0) is 59.1 Å². The standard InChI is InChI=1S/C17H15Br2N3O3/c18-12-4-5-14(13(19)10-12)20-17(23)11-3-6-15(16(9-11)22(24)25)21-7-1-2-8-21/h3-6,9-10H,1-2,7-8H2,(H,20,23). The lowest BCUT2D eigenvalue weighted by molar-refractivity contribution is -0.384. The lowest BCUT2D eigenvalue weighted by Gasteiger charge is -2.18. The van der Waals surface area contributed by atoms with Gasteiger partial charge in [0.1, 0.15) is 5.69 Å². The van der Waals surface area contributed by atoms with Crippen molar-refractivity contribution in [3.63, 3.8) is 0 Å². The van der Waals surface area contributed by atoms with Crippen LogP contribution < -0.4 is 10.2 Å². The van der Waals surface area contributed by atoms with Crippen LogP contribution in [0, 0.1) is 10.1 Å². The molecule has 0 saturated carbocycles. The van der Waals surface area contributed by atoms with Crippen LogP contribution in [0.25, 0.3) is 0 Å². The highest BCUT2D eigenvalue weighted by Crippen LogP contribution is 2.32. The molecule has 0 radical (unpaired) electrons. The minimum absolute atomic E-state index is 0.0376. The first-order valence-electron chi connectivity index (χ1n) is 7.75. The summed E-state index contributed by atoms with van der Waals surface area (Å²) in [5.74, 6) is -0.390. The second kappa shape index (κ2) is 7.53. The van der Waals surface area contributed by atoms with Crippen molar-refractivity contribution in [1.29, 1.82) is 0 Å². The lowest BCUT2D eigenvalue weighted by Crippen LogP contribution is -2.20. The summed E-state index contributed by atoms with van der Waals surface area (Å²) in [6.07, 6.45) is 2.05. The largest absolute Gasteiger partial charge is 0.366 e. The molecule has 0 unspecified atom stereocenters. The number of benzene rings is 2. The van der Waals surface area contributed by atoms with Gasteiger partial charge >= 0.3 is 0 Å². The SMILES string of the molecule is O=C(Nc1ccc(Br)cc1Br)c1ccc(N2CCCC2)c([N+](=O)[O-])c1. The van der Waals surface area contributed by atoms with Gasteiger partial charge in [0.05, 0.1) is 10.6 Å². The van der Waals surface area contributed by atoms with Crippen LogP contribution in [0.15, 0.2) is 45.3 Å².